The number of benzene rings is 1. The maximum Gasteiger partial charge on any atom is 0.305 e. The van der Waals surface area contributed by atoms with Gasteiger partial charge < -0.3 is 5.11 Å². The Hall–Kier alpha value is -1.62. The van der Waals surface area contributed by atoms with Gasteiger partial charge in [0.15, 0.2) is 9.84 Å². The highest BCUT2D eigenvalue weighted by Gasteiger charge is 2.27. The largest absolute Gasteiger partial charge is 0.481 e. The molecule has 0 saturated heterocycles. The van der Waals surface area contributed by atoms with Gasteiger partial charge in [-0.05, 0) is 25.0 Å². The molecule has 0 radical (unpaired) electrons. The second-order valence-electron chi connectivity index (χ2n) is 4.92. The van der Waals surface area contributed by atoms with Crippen LogP contribution < -0.4 is 0 Å². The van der Waals surface area contributed by atoms with Crippen LogP contribution >= 0.6 is 0 Å². The van der Waals surface area contributed by atoms with E-state index >= 15 is 0 Å². The Morgan fingerprint density at radius 3 is 2.48 bits per heavy atom. The minimum atomic E-state index is -3.66. The van der Waals surface area contributed by atoms with Crippen molar-refractivity contribution in [2.45, 2.75) is 49.2 Å². The molecule has 0 aromatic heterocycles. The molecule has 1 atom stereocenters. The first-order chi connectivity index (χ1) is 9.98. The summed E-state index contributed by atoms with van der Waals surface area (Å²) in [4.78, 5) is 11.1. The van der Waals surface area contributed by atoms with Gasteiger partial charge in [0.1, 0.15) is 0 Å². The third-order valence-electron chi connectivity index (χ3n) is 3.17. The third-order valence-corrected chi connectivity index (χ3v) is 5.22. The molecular weight excluding hydrogens is 288 g/mol. The molecule has 1 unspecified atom stereocenters. The molecule has 0 aliphatic carbocycles. The summed E-state index contributed by atoms with van der Waals surface area (Å²) in [6.07, 6.45) is 6.82. The fourth-order valence-electron chi connectivity index (χ4n) is 2.00. The Morgan fingerprint density at radius 1 is 1.24 bits per heavy atom. The maximum atomic E-state index is 12.5. The topological polar surface area (TPSA) is 71.4 Å². The van der Waals surface area contributed by atoms with Crippen molar-refractivity contribution >= 4 is 15.8 Å². The van der Waals surface area contributed by atoms with Crippen LogP contribution in [0.4, 0.5) is 0 Å². The second kappa shape index (κ2) is 8.62. The van der Waals surface area contributed by atoms with E-state index in [4.69, 9.17) is 5.11 Å². The molecule has 0 amide bonds. The molecular formula is C16H22O4S. The normalized spacial score (nSPS) is 13.4. The molecule has 0 heterocycles. The second-order valence-corrected chi connectivity index (χ2v) is 7.09. The molecule has 116 valence electrons. The van der Waals surface area contributed by atoms with Crippen LogP contribution in [0.5, 0.6) is 0 Å². The van der Waals surface area contributed by atoms with Crippen LogP contribution in [0.1, 0.15) is 39.0 Å². The van der Waals surface area contributed by atoms with Crippen molar-refractivity contribution in [3.63, 3.8) is 0 Å². The molecule has 0 fully saturated rings. The first-order valence-electron chi connectivity index (χ1n) is 7.16. The molecule has 4 nitrogen and oxygen atoms in total. The predicted octanol–water partition coefficient (Wildman–Crippen LogP) is 3.44. The van der Waals surface area contributed by atoms with Gasteiger partial charge in [0.05, 0.1) is 16.6 Å². The molecule has 21 heavy (non-hydrogen) atoms. The average Bonchev–Trinajstić information content (AvgIpc) is 2.46. The molecule has 1 aromatic carbocycles. The average molecular weight is 310 g/mol. The number of sulfone groups is 1. The number of carboxylic acid groups (broad SMARTS) is 1. The molecule has 0 aliphatic heterocycles. The summed E-state index contributed by atoms with van der Waals surface area (Å²) in [5.74, 6) is -1.11. The van der Waals surface area contributed by atoms with E-state index in [2.05, 4.69) is 6.92 Å². The van der Waals surface area contributed by atoms with Gasteiger partial charge in [-0.3, -0.25) is 4.79 Å². The summed E-state index contributed by atoms with van der Waals surface area (Å²) in [5, 5.41) is 7.92. The maximum absolute atomic E-state index is 12.5. The lowest BCUT2D eigenvalue weighted by atomic mass is 10.2. The highest BCUT2D eigenvalue weighted by atomic mass is 32.2. The highest BCUT2D eigenvalue weighted by molar-refractivity contribution is 7.92. The van der Waals surface area contributed by atoms with Crippen molar-refractivity contribution < 1.29 is 18.3 Å². The lowest BCUT2D eigenvalue weighted by molar-refractivity contribution is -0.136. The zero-order chi connectivity index (χ0) is 15.7. The molecule has 0 spiro atoms. The van der Waals surface area contributed by atoms with Gasteiger partial charge >= 0.3 is 5.97 Å². The van der Waals surface area contributed by atoms with Crippen molar-refractivity contribution in [1.29, 1.82) is 0 Å². The minimum Gasteiger partial charge on any atom is -0.481 e. The van der Waals surface area contributed by atoms with E-state index < -0.39 is 27.5 Å². The highest BCUT2D eigenvalue weighted by Crippen LogP contribution is 2.19. The Kier molecular flexibility index (Phi) is 7.15. The van der Waals surface area contributed by atoms with Crippen LogP contribution in [-0.4, -0.2) is 24.7 Å². The van der Waals surface area contributed by atoms with Crippen molar-refractivity contribution in [3.05, 3.63) is 42.5 Å². The Morgan fingerprint density at radius 2 is 1.90 bits per heavy atom. The number of hydrogen-bond donors (Lipinski definition) is 1. The zero-order valence-corrected chi connectivity index (χ0v) is 13.1. The smallest absolute Gasteiger partial charge is 0.305 e. The fourth-order valence-corrected chi connectivity index (χ4v) is 3.56. The Balaban J connectivity index is 2.89. The van der Waals surface area contributed by atoms with E-state index in [1.807, 2.05) is 0 Å². The van der Waals surface area contributed by atoms with Gasteiger partial charge in [0.25, 0.3) is 0 Å². The number of rotatable bonds is 9. The van der Waals surface area contributed by atoms with Gasteiger partial charge in [0.2, 0.25) is 0 Å². The van der Waals surface area contributed by atoms with Gasteiger partial charge in [-0.1, -0.05) is 50.1 Å². The number of aliphatic carboxylic acids is 1. The van der Waals surface area contributed by atoms with Crippen LogP contribution in [0.2, 0.25) is 0 Å². The number of carbonyl (C=O) groups is 1. The monoisotopic (exact) mass is 310 g/mol. The lowest BCUT2D eigenvalue weighted by Crippen LogP contribution is -2.22. The first-order valence-corrected chi connectivity index (χ1v) is 8.70. The summed E-state index contributed by atoms with van der Waals surface area (Å²) >= 11 is 0. The summed E-state index contributed by atoms with van der Waals surface area (Å²) in [6, 6.07) is 7.99. The Bertz CT molecular complexity index is 561. The molecule has 0 saturated carbocycles. The van der Waals surface area contributed by atoms with Crippen molar-refractivity contribution in [2.75, 3.05) is 0 Å². The molecule has 5 heteroatoms. The van der Waals surface area contributed by atoms with Crippen LogP contribution in [0.25, 0.3) is 0 Å². The van der Waals surface area contributed by atoms with Crippen LogP contribution in [-0.2, 0) is 14.6 Å². The van der Waals surface area contributed by atoms with E-state index in [1.54, 1.807) is 24.3 Å². The van der Waals surface area contributed by atoms with Crippen molar-refractivity contribution in [2.24, 2.45) is 0 Å². The minimum absolute atomic E-state index is 0.162. The number of unbranched alkanes of at least 4 members (excludes halogenated alkanes) is 3. The van der Waals surface area contributed by atoms with Gasteiger partial charge in [0, 0.05) is 0 Å². The molecule has 1 aromatic rings. The van der Waals surface area contributed by atoms with E-state index in [9.17, 15) is 13.2 Å². The van der Waals surface area contributed by atoms with Crippen LogP contribution in [0.15, 0.2) is 47.4 Å². The summed E-state index contributed by atoms with van der Waals surface area (Å²) in [5.41, 5.74) is 0. The van der Waals surface area contributed by atoms with E-state index in [0.29, 0.717) is 0 Å². The standard InChI is InChI=1S/C16H22O4S/c1-2-3-4-5-7-12-15(13-16(17)18)21(19,20)14-10-8-6-9-11-14/h6-12,15H,2-5,13H2,1H3,(H,17,18)/b12-7+. The van der Waals surface area contributed by atoms with Gasteiger partial charge in [-0.15, -0.1) is 0 Å². The number of carboxylic acids is 1. The van der Waals surface area contributed by atoms with E-state index in [-0.39, 0.29) is 4.90 Å². The number of allylic oxidation sites excluding steroid dienone is 1. The van der Waals surface area contributed by atoms with Gasteiger partial charge in [-0.2, -0.15) is 0 Å². The fraction of sp³-hybridized carbons (Fsp3) is 0.438. The summed E-state index contributed by atoms with van der Waals surface area (Å²) in [7, 11) is -3.66. The SMILES string of the molecule is CCCCC/C=C/C(CC(=O)O)S(=O)(=O)c1ccccc1. The zero-order valence-electron chi connectivity index (χ0n) is 12.2. The van der Waals surface area contributed by atoms with E-state index in [1.165, 1.54) is 18.2 Å². The molecule has 1 N–H and O–H groups in total. The van der Waals surface area contributed by atoms with Crippen molar-refractivity contribution in [3.8, 4) is 0 Å². The molecule has 0 aliphatic rings. The predicted molar refractivity (Wildman–Crippen MR) is 83.0 cm³/mol. The first kappa shape index (κ1) is 17.4. The number of hydrogen-bond acceptors (Lipinski definition) is 3. The van der Waals surface area contributed by atoms with Crippen LogP contribution in [0.3, 0.4) is 0 Å². The molecule has 0 bridgehead atoms. The summed E-state index contributed by atoms with van der Waals surface area (Å²) in [6.45, 7) is 2.09. The van der Waals surface area contributed by atoms with Crippen molar-refractivity contribution in [1.82, 2.24) is 0 Å². The lowest BCUT2D eigenvalue weighted by Gasteiger charge is -2.12. The van der Waals surface area contributed by atoms with Crippen LogP contribution in [0, 0.1) is 0 Å². The molecule has 1 rings (SSSR count). The quantitative estimate of drug-likeness (QED) is 0.560. The van der Waals surface area contributed by atoms with Gasteiger partial charge in [-0.25, -0.2) is 8.42 Å². The summed E-state index contributed by atoms with van der Waals surface area (Å²) < 4.78 is 24.9. The van der Waals surface area contributed by atoms with E-state index in [0.717, 1.165) is 25.7 Å². The Labute approximate surface area is 126 Å². The third kappa shape index (κ3) is 5.71.